The molecule has 25 heavy (non-hydrogen) atoms. The Kier molecular flexibility index (Phi) is 7.25. The number of para-hydroxylation sites is 1. The number of rotatable bonds is 8. The van der Waals surface area contributed by atoms with Crippen LogP contribution in [-0.4, -0.2) is 50.7 Å². The van der Waals surface area contributed by atoms with Gasteiger partial charge in [0.25, 0.3) is 0 Å². The molecule has 7 heteroatoms. The second-order valence-electron chi connectivity index (χ2n) is 6.39. The molecule has 1 aliphatic rings. The minimum atomic E-state index is -3.17. The van der Waals surface area contributed by atoms with Crippen molar-refractivity contribution in [3.05, 3.63) is 29.8 Å². The molecular formula is C18H28N2O4S. The van der Waals surface area contributed by atoms with Gasteiger partial charge in [-0.15, -0.1) is 0 Å². The number of nitrogens with one attached hydrogen (secondary N) is 1. The van der Waals surface area contributed by atoms with Crippen LogP contribution in [0.5, 0.6) is 5.75 Å². The van der Waals surface area contributed by atoms with Crippen molar-refractivity contribution in [1.82, 2.24) is 9.62 Å². The lowest BCUT2D eigenvalue weighted by Crippen LogP contribution is -2.46. The van der Waals surface area contributed by atoms with E-state index in [2.05, 4.69) is 4.72 Å². The van der Waals surface area contributed by atoms with Crippen molar-refractivity contribution in [2.45, 2.75) is 45.6 Å². The van der Waals surface area contributed by atoms with Crippen molar-refractivity contribution >= 4 is 15.9 Å². The Balaban J connectivity index is 1.66. The van der Waals surface area contributed by atoms with Crippen molar-refractivity contribution in [2.75, 3.05) is 25.4 Å². The summed E-state index contributed by atoms with van der Waals surface area (Å²) in [5, 5.41) is 0. The van der Waals surface area contributed by atoms with Crippen LogP contribution >= 0.6 is 0 Å². The van der Waals surface area contributed by atoms with Gasteiger partial charge in [-0.2, -0.15) is 0 Å². The summed E-state index contributed by atoms with van der Waals surface area (Å²) in [6, 6.07) is 7.77. The quantitative estimate of drug-likeness (QED) is 0.713. The van der Waals surface area contributed by atoms with Crippen molar-refractivity contribution in [3.8, 4) is 5.75 Å². The number of sulfonamides is 1. The molecule has 1 amide bonds. The lowest BCUT2D eigenvalue weighted by Gasteiger charge is -2.32. The summed E-state index contributed by atoms with van der Waals surface area (Å²) in [6.07, 6.45) is 2.47. The first-order valence-corrected chi connectivity index (χ1v) is 10.5. The van der Waals surface area contributed by atoms with Crippen LogP contribution in [0.4, 0.5) is 0 Å². The van der Waals surface area contributed by atoms with E-state index >= 15 is 0 Å². The van der Waals surface area contributed by atoms with Crippen LogP contribution < -0.4 is 9.46 Å². The number of hydrogen-bond donors (Lipinski definition) is 1. The Bertz CT molecular complexity index is 667. The molecule has 0 unspecified atom stereocenters. The summed E-state index contributed by atoms with van der Waals surface area (Å²) in [5.41, 5.74) is 1.09. The summed E-state index contributed by atoms with van der Waals surface area (Å²) in [7, 11) is -3.17. The molecule has 0 saturated carbocycles. The largest absolute Gasteiger partial charge is 0.493 e. The molecule has 1 N–H and O–H groups in total. The number of amides is 1. The molecule has 1 fully saturated rings. The van der Waals surface area contributed by atoms with E-state index in [0.717, 1.165) is 11.3 Å². The van der Waals surface area contributed by atoms with Gasteiger partial charge >= 0.3 is 0 Å². The number of hydrogen-bond acceptors (Lipinski definition) is 4. The second-order valence-corrected chi connectivity index (χ2v) is 8.44. The summed E-state index contributed by atoms with van der Waals surface area (Å²) in [4.78, 5) is 14.1. The van der Waals surface area contributed by atoms with Gasteiger partial charge in [-0.25, -0.2) is 13.1 Å². The first kappa shape index (κ1) is 19.7. The molecule has 1 saturated heterocycles. The van der Waals surface area contributed by atoms with Crippen molar-refractivity contribution in [3.63, 3.8) is 0 Å². The first-order valence-electron chi connectivity index (χ1n) is 8.87. The Morgan fingerprint density at radius 1 is 1.28 bits per heavy atom. The number of carbonyl (C=O) groups is 1. The maximum Gasteiger partial charge on any atom is 0.222 e. The number of piperidine rings is 1. The third-order valence-electron chi connectivity index (χ3n) is 4.46. The van der Waals surface area contributed by atoms with Gasteiger partial charge in [0.05, 0.1) is 12.4 Å². The van der Waals surface area contributed by atoms with Crippen molar-refractivity contribution in [1.29, 1.82) is 0 Å². The second kappa shape index (κ2) is 9.20. The van der Waals surface area contributed by atoms with Gasteiger partial charge in [0.2, 0.25) is 15.9 Å². The molecule has 0 aromatic heterocycles. The van der Waals surface area contributed by atoms with E-state index in [4.69, 9.17) is 4.74 Å². The highest BCUT2D eigenvalue weighted by molar-refractivity contribution is 7.89. The molecule has 2 rings (SSSR count). The summed E-state index contributed by atoms with van der Waals surface area (Å²) < 4.78 is 31.6. The zero-order chi connectivity index (χ0) is 18.3. The minimum Gasteiger partial charge on any atom is -0.493 e. The van der Waals surface area contributed by atoms with Crippen LogP contribution in [0.3, 0.4) is 0 Å². The normalized spacial score (nSPS) is 16.0. The van der Waals surface area contributed by atoms with E-state index < -0.39 is 10.0 Å². The highest BCUT2D eigenvalue weighted by Crippen LogP contribution is 2.17. The average Bonchev–Trinajstić information content (AvgIpc) is 2.60. The predicted molar refractivity (Wildman–Crippen MR) is 98.1 cm³/mol. The third kappa shape index (κ3) is 6.32. The van der Waals surface area contributed by atoms with Gasteiger partial charge in [0, 0.05) is 25.6 Å². The number of benzene rings is 1. The molecule has 1 aromatic rings. The van der Waals surface area contributed by atoms with Gasteiger partial charge in [-0.3, -0.25) is 4.79 Å². The third-order valence-corrected chi connectivity index (χ3v) is 5.91. The predicted octanol–water partition coefficient (Wildman–Crippen LogP) is 2.08. The number of aryl methyl sites for hydroxylation is 1. The van der Waals surface area contributed by atoms with E-state index in [1.54, 1.807) is 6.92 Å². The SMILES string of the molecule is CCS(=O)(=O)NC1CCN(C(=O)CCCOc2ccccc2C)CC1. The number of nitrogens with zero attached hydrogens (tertiary/aromatic N) is 1. The maximum absolute atomic E-state index is 12.3. The highest BCUT2D eigenvalue weighted by atomic mass is 32.2. The maximum atomic E-state index is 12.3. The fourth-order valence-corrected chi connectivity index (χ4v) is 3.78. The van der Waals surface area contributed by atoms with Crippen LogP contribution in [0.15, 0.2) is 24.3 Å². The number of ether oxygens (including phenoxy) is 1. The Morgan fingerprint density at radius 3 is 2.60 bits per heavy atom. The minimum absolute atomic E-state index is 0.0570. The molecule has 140 valence electrons. The van der Waals surface area contributed by atoms with Gasteiger partial charge in [-0.1, -0.05) is 18.2 Å². The van der Waals surface area contributed by atoms with Crippen LogP contribution in [0.1, 0.15) is 38.2 Å². The van der Waals surface area contributed by atoms with Gasteiger partial charge < -0.3 is 9.64 Å². The van der Waals surface area contributed by atoms with Crippen LogP contribution in [0.2, 0.25) is 0 Å². The summed E-state index contributed by atoms with van der Waals surface area (Å²) >= 11 is 0. The van der Waals surface area contributed by atoms with Crippen molar-refractivity contribution in [2.24, 2.45) is 0 Å². The zero-order valence-electron chi connectivity index (χ0n) is 15.0. The molecule has 0 atom stereocenters. The van der Waals surface area contributed by atoms with Gasteiger partial charge in [0.1, 0.15) is 5.75 Å². The monoisotopic (exact) mass is 368 g/mol. The molecule has 0 radical (unpaired) electrons. The average molecular weight is 368 g/mol. The molecular weight excluding hydrogens is 340 g/mol. The van der Waals surface area contributed by atoms with E-state index in [-0.39, 0.29) is 17.7 Å². The van der Waals surface area contributed by atoms with E-state index in [1.807, 2.05) is 36.1 Å². The van der Waals surface area contributed by atoms with E-state index in [1.165, 1.54) is 0 Å². The zero-order valence-corrected chi connectivity index (χ0v) is 15.8. The standard InChI is InChI=1S/C18H28N2O4S/c1-3-25(22,23)19-16-10-12-20(13-11-16)18(21)9-6-14-24-17-8-5-4-7-15(17)2/h4-5,7-8,16,19H,3,6,9-14H2,1-2H3. The Hall–Kier alpha value is -1.60. The topological polar surface area (TPSA) is 75.7 Å². The first-order chi connectivity index (χ1) is 11.9. The van der Waals surface area contributed by atoms with Crippen LogP contribution in [0.25, 0.3) is 0 Å². The van der Waals surface area contributed by atoms with Crippen LogP contribution in [-0.2, 0) is 14.8 Å². The lowest BCUT2D eigenvalue weighted by molar-refractivity contribution is -0.132. The molecule has 1 aliphatic heterocycles. The molecule has 0 spiro atoms. The van der Waals surface area contributed by atoms with E-state index in [9.17, 15) is 13.2 Å². The molecule has 0 bridgehead atoms. The van der Waals surface area contributed by atoms with Crippen LogP contribution in [0, 0.1) is 6.92 Å². The number of likely N-dealkylation sites (tertiary alicyclic amines) is 1. The Labute approximate surface area is 150 Å². The van der Waals surface area contributed by atoms with Crippen molar-refractivity contribution < 1.29 is 17.9 Å². The fourth-order valence-electron chi connectivity index (χ4n) is 2.87. The van der Waals surface area contributed by atoms with E-state index in [0.29, 0.717) is 45.4 Å². The fraction of sp³-hybridized carbons (Fsp3) is 0.611. The molecule has 1 heterocycles. The molecule has 0 aliphatic carbocycles. The smallest absolute Gasteiger partial charge is 0.222 e. The Morgan fingerprint density at radius 2 is 1.96 bits per heavy atom. The molecule has 1 aromatic carbocycles. The highest BCUT2D eigenvalue weighted by Gasteiger charge is 2.24. The summed E-state index contributed by atoms with van der Waals surface area (Å²) in [5.74, 6) is 1.07. The number of carbonyl (C=O) groups excluding carboxylic acids is 1. The van der Waals surface area contributed by atoms with Gasteiger partial charge in [-0.05, 0) is 44.7 Å². The molecule has 6 nitrogen and oxygen atoms in total. The lowest BCUT2D eigenvalue weighted by atomic mass is 10.1. The van der Waals surface area contributed by atoms with Gasteiger partial charge in [0.15, 0.2) is 0 Å². The summed E-state index contributed by atoms with van der Waals surface area (Å²) in [6.45, 7) is 5.35.